The molecule has 0 aliphatic heterocycles. The van der Waals surface area contributed by atoms with E-state index in [1.165, 1.54) is 49.9 Å². The van der Waals surface area contributed by atoms with E-state index in [1.54, 1.807) is 19.3 Å². The Hall–Kier alpha value is 0. The minimum Gasteiger partial charge on any atom is -0.0654 e. The van der Waals surface area contributed by atoms with Crippen molar-refractivity contribution >= 4 is 0 Å². The fraction of sp³-hybridized carbons (Fsp3) is 1.00. The summed E-state index contributed by atoms with van der Waals surface area (Å²) in [6, 6.07) is 0. The van der Waals surface area contributed by atoms with E-state index in [0.717, 1.165) is 5.92 Å². The first-order valence-corrected chi connectivity index (χ1v) is 6.86. The maximum absolute atomic E-state index is 2.34. The molecule has 0 heteroatoms. The molecule has 14 heavy (non-hydrogen) atoms. The van der Waals surface area contributed by atoms with E-state index in [0.29, 0.717) is 0 Å². The smallest absolute Gasteiger partial charge is 0.0349 e. The van der Waals surface area contributed by atoms with Crippen LogP contribution in [0, 0.1) is 23.7 Å². The minimum absolute atomic E-state index is 1.07. The van der Waals surface area contributed by atoms with E-state index in [4.69, 9.17) is 0 Å². The number of rotatable bonds is 6. The van der Waals surface area contributed by atoms with Gasteiger partial charge in [-0.1, -0.05) is 46.0 Å². The van der Waals surface area contributed by atoms with Crippen molar-refractivity contribution in [1.29, 1.82) is 0 Å². The lowest BCUT2D eigenvalue weighted by atomic mass is 9.90. The molecule has 0 saturated heterocycles. The monoisotopic (exact) mass is 194 g/mol. The molecular formula is C14H26. The third kappa shape index (κ3) is 2.15. The topological polar surface area (TPSA) is 0 Å². The molecule has 2 aliphatic rings. The molecule has 0 heterocycles. The van der Waals surface area contributed by atoms with Gasteiger partial charge in [-0.3, -0.25) is 0 Å². The van der Waals surface area contributed by atoms with Crippen molar-refractivity contribution in [2.75, 3.05) is 0 Å². The summed E-state index contributed by atoms with van der Waals surface area (Å²) in [5.41, 5.74) is 0. The minimum atomic E-state index is 1.07. The maximum atomic E-state index is 2.34. The summed E-state index contributed by atoms with van der Waals surface area (Å²) in [6.45, 7) is 4.69. The van der Waals surface area contributed by atoms with Crippen molar-refractivity contribution in [2.24, 2.45) is 23.7 Å². The lowest BCUT2D eigenvalue weighted by molar-refractivity contribution is 0.364. The average molecular weight is 194 g/mol. The summed E-state index contributed by atoms with van der Waals surface area (Å²) in [7, 11) is 0. The van der Waals surface area contributed by atoms with Gasteiger partial charge in [-0.15, -0.1) is 0 Å². The van der Waals surface area contributed by atoms with Gasteiger partial charge in [0.1, 0.15) is 0 Å². The van der Waals surface area contributed by atoms with Crippen molar-refractivity contribution in [2.45, 2.75) is 65.2 Å². The highest BCUT2D eigenvalue weighted by Gasteiger charge is 2.52. The lowest BCUT2D eigenvalue weighted by Crippen LogP contribution is -2.03. The molecule has 0 nitrogen and oxygen atoms in total. The van der Waals surface area contributed by atoms with Gasteiger partial charge in [0.2, 0.25) is 0 Å². The average Bonchev–Trinajstić information content (AvgIpc) is 2.63. The third-order valence-electron chi connectivity index (χ3n) is 4.58. The van der Waals surface area contributed by atoms with Crippen LogP contribution in [0.15, 0.2) is 0 Å². The van der Waals surface area contributed by atoms with Crippen LogP contribution in [0.4, 0.5) is 0 Å². The molecule has 0 radical (unpaired) electrons. The van der Waals surface area contributed by atoms with Gasteiger partial charge in [0, 0.05) is 0 Å². The summed E-state index contributed by atoms with van der Waals surface area (Å²) < 4.78 is 0. The molecule has 0 amide bonds. The van der Waals surface area contributed by atoms with Crippen LogP contribution in [-0.2, 0) is 0 Å². The second kappa shape index (κ2) is 4.68. The SMILES string of the molecule is CCCC(CCC)CC1C2CCCC21. The van der Waals surface area contributed by atoms with Crippen molar-refractivity contribution in [3.8, 4) is 0 Å². The highest BCUT2D eigenvalue weighted by atomic mass is 14.6. The van der Waals surface area contributed by atoms with Gasteiger partial charge in [0.15, 0.2) is 0 Å². The van der Waals surface area contributed by atoms with Gasteiger partial charge in [-0.25, -0.2) is 0 Å². The van der Waals surface area contributed by atoms with Crippen LogP contribution in [0.1, 0.15) is 65.2 Å². The van der Waals surface area contributed by atoms with E-state index >= 15 is 0 Å². The Morgan fingerprint density at radius 3 is 2.07 bits per heavy atom. The molecular weight excluding hydrogens is 168 g/mol. The predicted octanol–water partition coefficient (Wildman–Crippen LogP) is 4.64. The van der Waals surface area contributed by atoms with Gasteiger partial charge >= 0.3 is 0 Å². The summed E-state index contributed by atoms with van der Waals surface area (Å²) in [5.74, 6) is 4.62. The normalized spacial score (nSPS) is 34.9. The van der Waals surface area contributed by atoms with E-state index in [9.17, 15) is 0 Å². The van der Waals surface area contributed by atoms with Crippen molar-refractivity contribution in [1.82, 2.24) is 0 Å². The van der Waals surface area contributed by atoms with Gasteiger partial charge in [0.25, 0.3) is 0 Å². The molecule has 0 aromatic carbocycles. The van der Waals surface area contributed by atoms with E-state index < -0.39 is 0 Å². The highest BCUT2D eigenvalue weighted by Crippen LogP contribution is 2.60. The zero-order valence-corrected chi connectivity index (χ0v) is 9.97. The van der Waals surface area contributed by atoms with E-state index in [-0.39, 0.29) is 0 Å². The fourth-order valence-corrected chi connectivity index (χ4v) is 3.90. The molecule has 0 spiro atoms. The largest absolute Gasteiger partial charge is 0.0654 e. The zero-order valence-electron chi connectivity index (χ0n) is 9.97. The summed E-state index contributed by atoms with van der Waals surface area (Å²) in [4.78, 5) is 0. The molecule has 2 fully saturated rings. The summed E-state index contributed by atoms with van der Waals surface area (Å²) in [6.07, 6.45) is 12.0. The van der Waals surface area contributed by atoms with Crippen LogP contribution >= 0.6 is 0 Å². The van der Waals surface area contributed by atoms with Crippen LogP contribution in [0.5, 0.6) is 0 Å². The Morgan fingerprint density at radius 2 is 1.57 bits per heavy atom. The Balaban J connectivity index is 1.71. The Bertz CT molecular complexity index is 157. The molecule has 0 aromatic rings. The van der Waals surface area contributed by atoms with Gasteiger partial charge in [-0.2, -0.15) is 0 Å². The molecule has 2 saturated carbocycles. The Morgan fingerprint density at radius 1 is 1.00 bits per heavy atom. The predicted molar refractivity (Wildman–Crippen MR) is 62.2 cm³/mol. The first-order valence-electron chi connectivity index (χ1n) is 6.86. The van der Waals surface area contributed by atoms with E-state index in [1.807, 2.05) is 0 Å². The second-order valence-electron chi connectivity index (χ2n) is 5.60. The van der Waals surface area contributed by atoms with Gasteiger partial charge in [0.05, 0.1) is 0 Å². The number of fused-ring (bicyclic) bond motifs is 1. The quantitative estimate of drug-likeness (QED) is 0.578. The molecule has 0 aromatic heterocycles. The van der Waals surface area contributed by atoms with Gasteiger partial charge in [-0.05, 0) is 42.9 Å². The van der Waals surface area contributed by atoms with Crippen molar-refractivity contribution < 1.29 is 0 Å². The number of hydrogen-bond acceptors (Lipinski definition) is 0. The number of hydrogen-bond donors (Lipinski definition) is 0. The molecule has 2 aliphatic carbocycles. The van der Waals surface area contributed by atoms with Crippen LogP contribution in [0.2, 0.25) is 0 Å². The molecule has 2 unspecified atom stereocenters. The van der Waals surface area contributed by atoms with Crippen LogP contribution in [0.3, 0.4) is 0 Å². The Kier molecular flexibility index (Phi) is 3.52. The first-order chi connectivity index (χ1) is 6.86. The van der Waals surface area contributed by atoms with Crippen LogP contribution in [0.25, 0.3) is 0 Å². The van der Waals surface area contributed by atoms with E-state index in [2.05, 4.69) is 13.8 Å². The van der Waals surface area contributed by atoms with Crippen LogP contribution < -0.4 is 0 Å². The summed E-state index contributed by atoms with van der Waals surface area (Å²) >= 11 is 0. The van der Waals surface area contributed by atoms with Crippen LogP contribution in [-0.4, -0.2) is 0 Å². The Labute approximate surface area is 89.5 Å². The summed E-state index contributed by atoms with van der Waals surface area (Å²) in [5, 5.41) is 0. The molecule has 2 atom stereocenters. The van der Waals surface area contributed by atoms with Gasteiger partial charge < -0.3 is 0 Å². The zero-order chi connectivity index (χ0) is 9.97. The lowest BCUT2D eigenvalue weighted by Gasteiger charge is -2.15. The maximum Gasteiger partial charge on any atom is -0.0349 e. The standard InChI is InChI=1S/C14H26/c1-3-6-11(7-4-2)10-14-12-8-5-9-13(12)14/h11-14H,3-10H2,1-2H3. The molecule has 82 valence electrons. The molecule has 0 bridgehead atoms. The highest BCUT2D eigenvalue weighted by molar-refractivity contribution is 5.01. The first kappa shape index (κ1) is 10.5. The van der Waals surface area contributed by atoms with Crippen molar-refractivity contribution in [3.05, 3.63) is 0 Å². The van der Waals surface area contributed by atoms with Crippen molar-refractivity contribution in [3.63, 3.8) is 0 Å². The second-order valence-corrected chi connectivity index (χ2v) is 5.60. The fourth-order valence-electron chi connectivity index (χ4n) is 3.90. The third-order valence-corrected chi connectivity index (χ3v) is 4.58. The molecule has 2 rings (SSSR count). The molecule has 0 N–H and O–H groups in total.